The molecule has 2 aromatic heterocycles. The highest BCUT2D eigenvalue weighted by molar-refractivity contribution is 7.10. The fourth-order valence-electron chi connectivity index (χ4n) is 4.27. The van der Waals surface area contributed by atoms with E-state index in [0.717, 1.165) is 16.0 Å². The Labute approximate surface area is 226 Å². The van der Waals surface area contributed by atoms with Gasteiger partial charge in [-0.15, -0.1) is 11.3 Å². The van der Waals surface area contributed by atoms with Crippen LogP contribution in [0, 0.1) is 11.3 Å². The molecule has 0 fully saturated rings. The van der Waals surface area contributed by atoms with Crippen molar-refractivity contribution in [3.8, 4) is 11.8 Å². The molecule has 0 bridgehead atoms. The molecule has 190 valence electrons. The molecule has 0 spiro atoms. The summed E-state index contributed by atoms with van der Waals surface area (Å²) in [5, 5.41) is 11.2. The lowest BCUT2D eigenvalue weighted by molar-refractivity contribution is -0.139. The Morgan fingerprint density at radius 1 is 1.18 bits per heavy atom. The van der Waals surface area contributed by atoms with Gasteiger partial charge < -0.3 is 9.47 Å². The van der Waals surface area contributed by atoms with Crippen LogP contribution in [0.25, 0.3) is 6.08 Å². The second-order valence-electron chi connectivity index (χ2n) is 8.45. The van der Waals surface area contributed by atoms with E-state index >= 15 is 0 Å². The molecule has 0 N–H and O–H groups in total. The summed E-state index contributed by atoms with van der Waals surface area (Å²) < 4.78 is 13.3. The summed E-state index contributed by atoms with van der Waals surface area (Å²) in [6.45, 7) is 4.02. The number of esters is 1. The lowest BCUT2D eigenvalue weighted by Gasteiger charge is -2.23. The number of nitrogens with zero attached hydrogens (tertiary/aromatic N) is 3. The summed E-state index contributed by atoms with van der Waals surface area (Å²) >= 11 is 2.76. The van der Waals surface area contributed by atoms with Crippen LogP contribution in [0.1, 0.15) is 41.5 Å². The highest BCUT2D eigenvalue weighted by atomic mass is 32.1. The van der Waals surface area contributed by atoms with Gasteiger partial charge in [-0.05, 0) is 55.1 Å². The molecule has 0 aliphatic carbocycles. The molecule has 0 amide bonds. The number of nitriles is 1. The van der Waals surface area contributed by atoms with E-state index in [1.165, 1.54) is 22.7 Å². The summed E-state index contributed by atoms with van der Waals surface area (Å²) in [6.07, 6.45) is 1.80. The van der Waals surface area contributed by atoms with Crippen molar-refractivity contribution < 1.29 is 14.3 Å². The van der Waals surface area contributed by atoms with E-state index in [2.05, 4.69) is 11.1 Å². The predicted octanol–water partition coefficient (Wildman–Crippen LogP) is 4.31. The largest absolute Gasteiger partial charge is 0.489 e. The maximum absolute atomic E-state index is 13.7. The number of allylic oxidation sites excluding steroid dienone is 1. The number of carbonyl (C=O) groups excluding carboxylic acids is 1. The van der Waals surface area contributed by atoms with Crippen LogP contribution in [0.3, 0.4) is 0 Å². The molecule has 3 heterocycles. The molecular weight excluding hydrogens is 518 g/mol. The van der Waals surface area contributed by atoms with Gasteiger partial charge in [0.1, 0.15) is 18.4 Å². The molecular formula is C29H23N3O4S2. The lowest BCUT2D eigenvalue weighted by atomic mass is 10.0. The smallest absolute Gasteiger partial charge is 0.338 e. The van der Waals surface area contributed by atoms with Crippen molar-refractivity contribution in [3.05, 3.63) is 119 Å². The number of ether oxygens (including phenoxy) is 2. The van der Waals surface area contributed by atoms with E-state index in [-0.39, 0.29) is 18.8 Å². The van der Waals surface area contributed by atoms with Crippen molar-refractivity contribution >= 4 is 34.7 Å². The Bertz CT molecular complexity index is 1760. The molecule has 1 aliphatic heterocycles. The molecule has 0 saturated carbocycles. The molecule has 0 saturated heterocycles. The average Bonchev–Trinajstić information content (AvgIpc) is 3.56. The molecule has 9 heteroatoms. The topological polar surface area (TPSA) is 93.7 Å². The fourth-order valence-corrected chi connectivity index (χ4v) is 6.14. The van der Waals surface area contributed by atoms with Gasteiger partial charge >= 0.3 is 5.97 Å². The first-order valence-corrected chi connectivity index (χ1v) is 13.6. The minimum absolute atomic E-state index is 0.226. The maximum Gasteiger partial charge on any atom is 0.338 e. The number of fused-ring (bicyclic) bond motifs is 1. The quantitative estimate of drug-likeness (QED) is 0.325. The monoisotopic (exact) mass is 541 g/mol. The minimum atomic E-state index is -0.595. The number of thiazole rings is 1. The van der Waals surface area contributed by atoms with Gasteiger partial charge in [0.15, 0.2) is 4.80 Å². The van der Waals surface area contributed by atoms with Crippen molar-refractivity contribution in [2.45, 2.75) is 26.5 Å². The first kappa shape index (κ1) is 25.4. The molecule has 1 atom stereocenters. The summed E-state index contributed by atoms with van der Waals surface area (Å²) in [6, 6.07) is 20.1. The van der Waals surface area contributed by atoms with Gasteiger partial charge in [0.25, 0.3) is 5.56 Å². The van der Waals surface area contributed by atoms with Crippen LogP contribution in [0.5, 0.6) is 5.75 Å². The third-order valence-electron chi connectivity index (χ3n) is 6.02. The number of aromatic nitrogens is 1. The zero-order valence-corrected chi connectivity index (χ0v) is 22.3. The Morgan fingerprint density at radius 3 is 2.79 bits per heavy atom. The fraction of sp³-hybridized carbons (Fsp3) is 0.172. The third kappa shape index (κ3) is 4.96. The second kappa shape index (κ2) is 11.0. The van der Waals surface area contributed by atoms with Crippen LogP contribution in [-0.2, 0) is 16.1 Å². The summed E-state index contributed by atoms with van der Waals surface area (Å²) in [4.78, 5) is 32.6. The van der Waals surface area contributed by atoms with Crippen molar-refractivity contribution in [1.82, 2.24) is 4.57 Å². The van der Waals surface area contributed by atoms with Gasteiger partial charge in [0.2, 0.25) is 0 Å². The number of carbonyl (C=O) groups is 1. The first-order chi connectivity index (χ1) is 18.5. The van der Waals surface area contributed by atoms with E-state index in [0.29, 0.717) is 31.9 Å². The zero-order chi connectivity index (χ0) is 26.6. The number of benzene rings is 2. The van der Waals surface area contributed by atoms with Crippen molar-refractivity contribution in [2.75, 3.05) is 6.61 Å². The molecule has 4 aromatic rings. The molecule has 0 unspecified atom stereocenters. The van der Waals surface area contributed by atoms with Crippen LogP contribution >= 0.6 is 22.7 Å². The van der Waals surface area contributed by atoms with Gasteiger partial charge in [-0.25, -0.2) is 9.79 Å². The first-order valence-electron chi connectivity index (χ1n) is 11.9. The van der Waals surface area contributed by atoms with Crippen molar-refractivity contribution in [2.24, 2.45) is 4.99 Å². The second-order valence-corrected chi connectivity index (χ2v) is 10.4. The van der Waals surface area contributed by atoms with Crippen LogP contribution in [0.4, 0.5) is 0 Å². The number of rotatable bonds is 7. The van der Waals surface area contributed by atoms with E-state index < -0.39 is 12.0 Å². The lowest BCUT2D eigenvalue weighted by Crippen LogP contribution is -2.39. The number of thiophene rings is 1. The highest BCUT2D eigenvalue weighted by Crippen LogP contribution is 2.33. The Kier molecular flexibility index (Phi) is 7.36. The SMILES string of the molecule is CCOC(=O)C1=C(C)N=c2s/c(=C\c3cccc(OCc4ccccc4C#N)c3)c(=O)n2[C@H]1c1cccs1. The molecule has 1 aliphatic rings. The summed E-state index contributed by atoms with van der Waals surface area (Å²) in [5.41, 5.74) is 2.85. The molecule has 5 rings (SSSR count). The Balaban J connectivity index is 1.51. The van der Waals surface area contributed by atoms with E-state index in [1.807, 2.05) is 60.0 Å². The number of hydrogen-bond acceptors (Lipinski definition) is 8. The van der Waals surface area contributed by atoms with Crippen molar-refractivity contribution in [1.29, 1.82) is 5.26 Å². The van der Waals surface area contributed by atoms with Crippen LogP contribution < -0.4 is 19.6 Å². The Morgan fingerprint density at radius 2 is 2.03 bits per heavy atom. The van der Waals surface area contributed by atoms with E-state index in [1.54, 1.807) is 30.6 Å². The van der Waals surface area contributed by atoms with E-state index in [4.69, 9.17) is 9.47 Å². The van der Waals surface area contributed by atoms with Gasteiger partial charge in [-0.2, -0.15) is 5.26 Å². The van der Waals surface area contributed by atoms with Gasteiger partial charge in [-0.3, -0.25) is 9.36 Å². The molecule has 7 nitrogen and oxygen atoms in total. The average molecular weight is 542 g/mol. The van der Waals surface area contributed by atoms with Gasteiger partial charge in [-0.1, -0.05) is 47.7 Å². The zero-order valence-electron chi connectivity index (χ0n) is 20.7. The highest BCUT2D eigenvalue weighted by Gasteiger charge is 2.33. The minimum Gasteiger partial charge on any atom is -0.489 e. The summed E-state index contributed by atoms with van der Waals surface area (Å²) in [7, 11) is 0. The van der Waals surface area contributed by atoms with Crippen molar-refractivity contribution in [3.63, 3.8) is 0 Å². The predicted molar refractivity (Wildman–Crippen MR) is 147 cm³/mol. The third-order valence-corrected chi connectivity index (χ3v) is 7.93. The molecule has 2 aromatic carbocycles. The summed E-state index contributed by atoms with van der Waals surface area (Å²) in [5.74, 6) is 0.153. The van der Waals surface area contributed by atoms with Crippen LogP contribution in [-0.4, -0.2) is 17.1 Å². The maximum atomic E-state index is 13.7. The van der Waals surface area contributed by atoms with Gasteiger partial charge in [0.05, 0.1) is 34.0 Å². The van der Waals surface area contributed by atoms with Crippen LogP contribution in [0.15, 0.2) is 87.1 Å². The normalized spacial score (nSPS) is 15.0. The molecule has 38 heavy (non-hydrogen) atoms. The Hall–Kier alpha value is -4.26. The van der Waals surface area contributed by atoms with Gasteiger partial charge in [0, 0.05) is 10.4 Å². The molecule has 0 radical (unpaired) electrons. The number of hydrogen-bond donors (Lipinski definition) is 0. The van der Waals surface area contributed by atoms with E-state index in [9.17, 15) is 14.9 Å². The van der Waals surface area contributed by atoms with Crippen LogP contribution in [0.2, 0.25) is 0 Å². The standard InChI is InChI=1S/C29H23N3O4S2/c1-3-35-28(34)25-18(2)31-29-32(26(25)23-12-7-13-37-23)27(33)24(38-29)15-19-8-6-11-22(14-19)36-17-21-10-5-4-9-20(21)16-30/h4-15,26H,3,17H2,1-2H3/b24-15-/t26-/m0/s1.